The van der Waals surface area contributed by atoms with Crippen LogP contribution in [0.2, 0.25) is 0 Å². The van der Waals surface area contributed by atoms with E-state index in [1.165, 1.54) is 12.2 Å². The first-order valence-electron chi connectivity index (χ1n) is 37.3. The summed E-state index contributed by atoms with van der Waals surface area (Å²) in [5.41, 5.74) is 1.61. The third-order valence-corrected chi connectivity index (χ3v) is 24.6. The molecule has 0 bridgehead atoms. The van der Waals surface area contributed by atoms with Crippen LogP contribution in [0.15, 0.2) is 99.2 Å². The second kappa shape index (κ2) is 54.4. The van der Waals surface area contributed by atoms with Gasteiger partial charge in [0, 0.05) is 124 Å². The molecule has 640 valence electrons. The minimum absolute atomic E-state index is 0.0739. The summed E-state index contributed by atoms with van der Waals surface area (Å²) >= 11 is 9.96. The fourth-order valence-corrected chi connectivity index (χ4v) is 15.4. The van der Waals surface area contributed by atoms with Gasteiger partial charge in [-0.2, -0.15) is 0 Å². The zero-order chi connectivity index (χ0) is 84.8. The van der Waals surface area contributed by atoms with Crippen molar-refractivity contribution in [2.45, 2.75) is 228 Å². The third-order valence-electron chi connectivity index (χ3n) is 16.6. The lowest BCUT2D eigenvalue weighted by Crippen LogP contribution is -2.46. The molecule has 112 heavy (non-hydrogen) atoms. The van der Waals surface area contributed by atoms with Crippen molar-refractivity contribution in [3.8, 4) is 0 Å². The van der Waals surface area contributed by atoms with Gasteiger partial charge in [-0.05, 0) is 146 Å². The van der Waals surface area contributed by atoms with Crippen molar-refractivity contribution in [2.75, 3.05) is 127 Å². The normalized spacial score (nSPS) is 30.5. The van der Waals surface area contributed by atoms with Gasteiger partial charge in [-0.1, -0.05) is 52.6 Å². The van der Waals surface area contributed by atoms with Gasteiger partial charge in [0.1, 0.15) is 25.4 Å². The van der Waals surface area contributed by atoms with Gasteiger partial charge in [0.15, 0.2) is 19.7 Å². The Morgan fingerprint density at radius 3 is 1.05 bits per heavy atom. The predicted molar refractivity (Wildman–Crippen MR) is 445 cm³/mol. The first-order chi connectivity index (χ1) is 52.5. The maximum atomic E-state index is 11.4. The van der Waals surface area contributed by atoms with Gasteiger partial charge in [0.2, 0.25) is 23.1 Å². The van der Waals surface area contributed by atoms with Crippen molar-refractivity contribution >= 4 is 118 Å². The number of hydrogen-bond donors (Lipinski definition) is 0. The lowest BCUT2D eigenvalue weighted by Gasteiger charge is -2.38. The smallest absolute Gasteiger partial charge is 0.335 e. The molecule has 0 amide bonds. The molecule has 8 saturated heterocycles. The summed E-state index contributed by atoms with van der Waals surface area (Å²) in [6.45, 7) is 64.6. The summed E-state index contributed by atoms with van der Waals surface area (Å²) in [5.74, 6) is -1.16. The molecule has 8 aliphatic rings. The van der Waals surface area contributed by atoms with E-state index in [9.17, 15) is 38.4 Å². The molecular weight excluding hydrogens is 1570 g/mol. The largest absolute Gasteiger partial charge is 0.443 e. The van der Waals surface area contributed by atoms with E-state index in [0.29, 0.717) is 88.4 Å². The van der Waals surface area contributed by atoms with Crippen molar-refractivity contribution in [1.29, 1.82) is 0 Å². The second-order valence-electron chi connectivity index (χ2n) is 27.7. The summed E-state index contributed by atoms with van der Waals surface area (Å²) in [5, 5.41) is 0.310. The van der Waals surface area contributed by atoms with Crippen molar-refractivity contribution in [1.82, 2.24) is 0 Å². The monoisotopic (exact) mass is 1700 g/mol. The zero-order valence-electron chi connectivity index (χ0n) is 69.1. The maximum Gasteiger partial charge on any atom is 0.335 e. The van der Waals surface area contributed by atoms with E-state index in [-0.39, 0.29) is 59.8 Å². The SMILES string of the molecule is C=C(C)C(=O)OC1(C)COCCCCO1.C=C(C)C(=O)OC1(C)COCCCCS1.C=C(C)C(=O)OC1(C)OCCSC1C.C=C(C)C(=O)OC1(C)SCCOC1C.C=CC(=O)OC1(C)COCCCCO1.C=CC(=O)OC1(C)COCCCCS1.C=CC(=O)OC1(C)OCCSC1C.C=CC(=O)OC1(C)SCCOC1C. The molecule has 0 saturated carbocycles. The first kappa shape index (κ1) is 105. The van der Waals surface area contributed by atoms with E-state index in [4.69, 9.17) is 85.3 Å². The molecule has 0 aromatic carbocycles. The Bertz CT molecular complexity index is 2810. The molecule has 8 fully saturated rings. The van der Waals surface area contributed by atoms with Crippen LogP contribution in [0.3, 0.4) is 0 Å². The summed E-state index contributed by atoms with van der Waals surface area (Å²) < 4.78 is 96.0. The topological polar surface area (TPSA) is 303 Å². The van der Waals surface area contributed by atoms with Crippen molar-refractivity contribution < 1.29 is 124 Å². The summed E-state index contributed by atoms with van der Waals surface area (Å²) in [6.07, 6.45) is 12.6. The molecule has 12 unspecified atom stereocenters. The lowest BCUT2D eigenvalue weighted by atomic mass is 10.2. The van der Waals surface area contributed by atoms with E-state index in [2.05, 4.69) is 52.6 Å². The van der Waals surface area contributed by atoms with Crippen molar-refractivity contribution in [3.05, 3.63) is 99.2 Å². The Morgan fingerprint density at radius 1 is 0.330 bits per heavy atom. The second-order valence-corrected chi connectivity index (χ2v) is 36.7. The average Bonchev–Trinajstić information content (AvgIpc) is 0.835. The summed E-state index contributed by atoms with van der Waals surface area (Å²) in [4.78, 5) is 87.4. The molecule has 0 aromatic heterocycles. The van der Waals surface area contributed by atoms with Gasteiger partial charge in [-0.15, -0.1) is 70.6 Å². The fourth-order valence-electron chi connectivity index (χ4n) is 9.31. The number of rotatable bonds is 16. The van der Waals surface area contributed by atoms with E-state index >= 15 is 0 Å². The quantitative estimate of drug-likeness (QED) is 0.0787. The molecule has 0 aliphatic carbocycles. The van der Waals surface area contributed by atoms with Crippen molar-refractivity contribution in [3.63, 3.8) is 0 Å². The van der Waals surface area contributed by atoms with Crippen LogP contribution in [-0.4, -0.2) is 240 Å². The van der Waals surface area contributed by atoms with E-state index in [0.717, 1.165) is 111 Å². The van der Waals surface area contributed by atoms with Gasteiger partial charge in [0.05, 0.1) is 63.4 Å². The average molecular weight is 1700 g/mol. The zero-order valence-corrected chi connectivity index (χ0v) is 74.0. The molecule has 32 heteroatoms. The van der Waals surface area contributed by atoms with E-state index < -0.39 is 66.8 Å². The van der Waals surface area contributed by atoms with Gasteiger partial charge in [0.25, 0.3) is 0 Å². The Balaban J connectivity index is 0.000000640. The Morgan fingerprint density at radius 2 is 0.652 bits per heavy atom. The van der Waals surface area contributed by atoms with Gasteiger partial charge in [-0.3, -0.25) is 0 Å². The highest BCUT2D eigenvalue weighted by Gasteiger charge is 2.43. The maximum absolute atomic E-state index is 11.4. The van der Waals surface area contributed by atoms with Crippen LogP contribution < -0.4 is 0 Å². The molecular formula is C80H128O26S6. The predicted octanol–water partition coefficient (Wildman–Crippen LogP) is 14.4. The first-order valence-corrected chi connectivity index (χ1v) is 43.4. The number of esters is 8. The van der Waals surface area contributed by atoms with Crippen LogP contribution in [0, 0.1) is 0 Å². The van der Waals surface area contributed by atoms with Crippen molar-refractivity contribution in [2.24, 2.45) is 0 Å². The van der Waals surface area contributed by atoms with Crippen LogP contribution in [0.25, 0.3) is 0 Å². The van der Waals surface area contributed by atoms with Gasteiger partial charge in [-0.25, -0.2) is 38.4 Å². The Kier molecular flexibility index (Phi) is 51.2. The third kappa shape index (κ3) is 43.0. The van der Waals surface area contributed by atoms with Crippen LogP contribution in [-0.2, 0) is 124 Å². The molecule has 26 nitrogen and oxygen atoms in total. The molecule has 0 N–H and O–H groups in total. The minimum Gasteiger partial charge on any atom is -0.443 e. The highest BCUT2D eigenvalue weighted by Crippen LogP contribution is 2.39. The standard InChI is InChI=1S/C11H18O4.C11H18O3S.C10H16O4.3C10H16O3S.2C9H14O3S/c1-9(2)10(12)15-11(3)8-13-6-4-5-7-14-11;1-9(2)10(12)14-11(3)8-13-6-4-5-7-15-11;1-3-9(11)14-10(2)8-12-6-4-5-7-13-10;1-7(2)9(11)13-10(4)8(3)14-6-5-12-10;1-7(2)9(11)13-10(4)8(3)12-5-6-14-10;1-3-9(11)13-10(2)8-12-6-4-5-7-14-10;1-4-8(10)12-9(3)7(2)13-6-5-11-9;1-4-8(10)12-9(3)7(2)11-5-6-13-9/h2*1,4-8H2,2-3H3;3H,1,4-8H2,2H3;2*8H,1,5-6H2,2-4H3;3H,1,4-8H2,2H3;2*4,7H,1,5-6H2,2-3H3. The fraction of sp³-hybridized carbons (Fsp3) is 0.700. The van der Waals surface area contributed by atoms with Crippen LogP contribution in [0.1, 0.15) is 162 Å². The van der Waals surface area contributed by atoms with Gasteiger partial charge >= 0.3 is 47.8 Å². The number of carbonyl (C=O) groups excluding carboxylic acids is 8. The summed E-state index contributed by atoms with van der Waals surface area (Å²) in [6, 6.07) is 0. The van der Waals surface area contributed by atoms with Crippen LogP contribution in [0.5, 0.6) is 0 Å². The number of thioether (sulfide) groups is 6. The highest BCUT2D eigenvalue weighted by atomic mass is 32.2. The molecule has 8 aliphatic heterocycles. The summed E-state index contributed by atoms with van der Waals surface area (Å²) in [7, 11) is 0. The van der Waals surface area contributed by atoms with Crippen LogP contribution in [0.4, 0.5) is 0 Å². The number of hydrogen-bond acceptors (Lipinski definition) is 32. The molecule has 0 aromatic rings. The van der Waals surface area contributed by atoms with E-state index in [1.807, 2.05) is 55.4 Å². The molecule has 0 radical (unpaired) electrons. The molecule has 12 atom stereocenters. The van der Waals surface area contributed by atoms with Crippen LogP contribution >= 0.6 is 70.6 Å². The lowest BCUT2D eigenvalue weighted by molar-refractivity contribution is -0.246. The molecule has 8 heterocycles. The number of ether oxygens (including phenoxy) is 18. The Labute approximate surface area is 691 Å². The van der Waals surface area contributed by atoms with Gasteiger partial charge < -0.3 is 85.3 Å². The highest BCUT2D eigenvalue weighted by molar-refractivity contribution is 8.01. The minimum atomic E-state index is -0.976. The van der Waals surface area contributed by atoms with E-state index in [1.54, 1.807) is 126 Å². The Hall–Kier alpha value is -4.62. The molecule has 8 rings (SSSR count). The molecule has 0 spiro atoms. The number of carbonyl (C=O) groups is 8.